The lowest BCUT2D eigenvalue weighted by Gasteiger charge is -2.07. The van der Waals surface area contributed by atoms with Gasteiger partial charge in [-0.2, -0.15) is 0 Å². The van der Waals surface area contributed by atoms with Crippen molar-refractivity contribution in [1.29, 1.82) is 0 Å². The Morgan fingerprint density at radius 2 is 2.32 bits per heavy atom. The largest absolute Gasteiger partial charge is 0.369 e. The molecule has 2 rings (SSSR count). The van der Waals surface area contributed by atoms with Crippen LogP contribution in [-0.4, -0.2) is 31.2 Å². The summed E-state index contributed by atoms with van der Waals surface area (Å²) in [7, 11) is 1.88. The summed E-state index contributed by atoms with van der Waals surface area (Å²) >= 11 is 0. The van der Waals surface area contributed by atoms with E-state index >= 15 is 0 Å². The summed E-state index contributed by atoms with van der Waals surface area (Å²) in [5, 5.41) is 21.5. The number of hydrogen-bond acceptors (Lipinski definition) is 6. The van der Waals surface area contributed by atoms with Crippen LogP contribution in [0.25, 0.3) is 0 Å². The number of aryl methyl sites for hydroxylation is 2. The molecule has 0 fully saturated rings. The molecule has 0 aromatic carbocycles. The zero-order valence-corrected chi connectivity index (χ0v) is 10.7. The van der Waals surface area contributed by atoms with Crippen LogP contribution >= 0.6 is 0 Å². The van der Waals surface area contributed by atoms with Crippen LogP contribution < -0.4 is 5.32 Å². The Balaban J connectivity index is 1.96. The lowest BCUT2D eigenvalue weighted by Crippen LogP contribution is -2.10. The highest BCUT2D eigenvalue weighted by atomic mass is 16.6. The molecule has 0 amide bonds. The third kappa shape index (κ3) is 3.03. The van der Waals surface area contributed by atoms with E-state index in [4.69, 9.17) is 0 Å². The Labute approximate surface area is 109 Å². The third-order valence-corrected chi connectivity index (χ3v) is 2.72. The topological polar surface area (TPSA) is 98.8 Å². The summed E-state index contributed by atoms with van der Waals surface area (Å²) < 4.78 is 1.85. The highest BCUT2D eigenvalue weighted by Gasteiger charge is 2.09. The molecule has 0 saturated heterocycles. The average molecular weight is 262 g/mol. The number of rotatable bonds is 5. The van der Waals surface area contributed by atoms with E-state index in [0.29, 0.717) is 18.8 Å². The Hall–Kier alpha value is -2.51. The molecule has 8 heteroatoms. The van der Waals surface area contributed by atoms with Gasteiger partial charge in [0.05, 0.1) is 4.92 Å². The van der Waals surface area contributed by atoms with Crippen molar-refractivity contribution in [2.45, 2.75) is 13.3 Å². The van der Waals surface area contributed by atoms with Gasteiger partial charge < -0.3 is 9.88 Å². The van der Waals surface area contributed by atoms with E-state index in [9.17, 15) is 10.1 Å². The zero-order valence-electron chi connectivity index (χ0n) is 10.7. The number of nitrogens with one attached hydrogen (secondary N) is 1. The summed E-state index contributed by atoms with van der Waals surface area (Å²) in [4.78, 5) is 14.2. The van der Waals surface area contributed by atoms with Crippen molar-refractivity contribution in [3.63, 3.8) is 0 Å². The molecule has 0 atom stereocenters. The maximum Gasteiger partial charge on any atom is 0.287 e. The van der Waals surface area contributed by atoms with Gasteiger partial charge in [-0.1, -0.05) is 0 Å². The molecule has 2 aromatic rings. The summed E-state index contributed by atoms with van der Waals surface area (Å²) in [6.45, 7) is 2.42. The second-order valence-electron chi connectivity index (χ2n) is 4.15. The maximum atomic E-state index is 10.6. The number of aromatic nitrogens is 4. The molecule has 0 radical (unpaired) electrons. The normalized spacial score (nSPS) is 10.4. The molecule has 8 nitrogen and oxygen atoms in total. The smallest absolute Gasteiger partial charge is 0.287 e. The van der Waals surface area contributed by atoms with Gasteiger partial charge in [-0.25, -0.2) is 4.98 Å². The highest BCUT2D eigenvalue weighted by molar-refractivity contribution is 5.48. The zero-order chi connectivity index (χ0) is 13.8. The lowest BCUT2D eigenvalue weighted by molar-refractivity contribution is -0.385. The van der Waals surface area contributed by atoms with Gasteiger partial charge >= 0.3 is 0 Å². The van der Waals surface area contributed by atoms with Crippen LogP contribution in [0.2, 0.25) is 0 Å². The molecule has 0 spiro atoms. The molecule has 0 aliphatic rings. The van der Waals surface area contributed by atoms with Crippen molar-refractivity contribution in [1.82, 2.24) is 19.7 Å². The Morgan fingerprint density at radius 3 is 2.89 bits per heavy atom. The minimum atomic E-state index is -0.455. The van der Waals surface area contributed by atoms with Crippen molar-refractivity contribution in [2.75, 3.05) is 11.9 Å². The molecular weight excluding hydrogens is 248 g/mol. The van der Waals surface area contributed by atoms with Gasteiger partial charge in [0.15, 0.2) is 0 Å². The molecule has 0 unspecified atom stereocenters. The predicted octanol–water partition coefficient (Wildman–Crippen LogP) is 1.08. The van der Waals surface area contributed by atoms with Crippen LogP contribution in [0.1, 0.15) is 11.4 Å². The highest BCUT2D eigenvalue weighted by Crippen LogP contribution is 2.17. The second kappa shape index (κ2) is 5.42. The van der Waals surface area contributed by atoms with Gasteiger partial charge in [-0.3, -0.25) is 10.1 Å². The molecule has 19 heavy (non-hydrogen) atoms. The van der Waals surface area contributed by atoms with Crippen LogP contribution in [0.15, 0.2) is 18.6 Å². The first-order valence-electron chi connectivity index (χ1n) is 5.75. The molecular formula is C11H14N6O2. The molecule has 2 aromatic heterocycles. The molecule has 1 N–H and O–H groups in total. The summed E-state index contributed by atoms with van der Waals surface area (Å²) in [5.41, 5.74) is 0.739. The molecule has 0 aliphatic carbocycles. The van der Waals surface area contributed by atoms with Gasteiger partial charge in [-0.15, -0.1) is 10.2 Å². The fourth-order valence-corrected chi connectivity index (χ4v) is 1.67. The number of nitro groups is 1. The molecule has 100 valence electrons. The average Bonchev–Trinajstić information content (AvgIpc) is 2.77. The second-order valence-corrected chi connectivity index (χ2v) is 4.15. The minimum Gasteiger partial charge on any atom is -0.369 e. The van der Waals surface area contributed by atoms with Crippen LogP contribution in [0.3, 0.4) is 0 Å². The number of hydrogen-bond donors (Lipinski definition) is 1. The Kier molecular flexibility index (Phi) is 3.69. The Bertz CT molecular complexity index is 595. The monoisotopic (exact) mass is 262 g/mol. The SMILES string of the molecule is Cc1cc([N+](=O)[O-])cnc1NCCc1nncn1C. The first-order chi connectivity index (χ1) is 9.08. The lowest BCUT2D eigenvalue weighted by atomic mass is 10.2. The fourth-order valence-electron chi connectivity index (χ4n) is 1.67. The summed E-state index contributed by atoms with van der Waals surface area (Å²) in [5.74, 6) is 1.51. The number of anilines is 1. The number of pyridine rings is 1. The summed E-state index contributed by atoms with van der Waals surface area (Å²) in [6, 6.07) is 1.50. The molecule has 2 heterocycles. The predicted molar refractivity (Wildman–Crippen MR) is 68.8 cm³/mol. The first kappa shape index (κ1) is 12.9. The quantitative estimate of drug-likeness (QED) is 0.639. The van der Waals surface area contributed by atoms with Crippen molar-refractivity contribution in [3.8, 4) is 0 Å². The third-order valence-electron chi connectivity index (χ3n) is 2.72. The van der Waals surface area contributed by atoms with Crippen molar-refractivity contribution in [2.24, 2.45) is 7.05 Å². The minimum absolute atomic E-state index is 0.00338. The molecule has 0 aliphatic heterocycles. The van der Waals surface area contributed by atoms with E-state index in [-0.39, 0.29) is 5.69 Å². The van der Waals surface area contributed by atoms with Crippen molar-refractivity contribution >= 4 is 11.5 Å². The summed E-state index contributed by atoms with van der Waals surface area (Å²) in [6.07, 6.45) is 3.59. The van der Waals surface area contributed by atoms with Crippen LogP contribution in [0, 0.1) is 17.0 Å². The van der Waals surface area contributed by atoms with Gasteiger partial charge in [0, 0.05) is 26.1 Å². The van der Waals surface area contributed by atoms with Crippen LogP contribution in [0.5, 0.6) is 0 Å². The van der Waals surface area contributed by atoms with E-state index in [1.54, 1.807) is 13.3 Å². The first-order valence-corrected chi connectivity index (χ1v) is 5.75. The van der Waals surface area contributed by atoms with E-state index in [2.05, 4.69) is 20.5 Å². The van der Waals surface area contributed by atoms with Crippen molar-refractivity contribution in [3.05, 3.63) is 40.1 Å². The van der Waals surface area contributed by atoms with Crippen LogP contribution in [-0.2, 0) is 13.5 Å². The van der Waals surface area contributed by atoms with Gasteiger partial charge in [0.25, 0.3) is 5.69 Å². The molecule has 0 saturated carbocycles. The number of nitrogens with zero attached hydrogens (tertiary/aromatic N) is 5. The Morgan fingerprint density at radius 1 is 1.53 bits per heavy atom. The van der Waals surface area contributed by atoms with Gasteiger partial charge in [0.2, 0.25) is 0 Å². The maximum absolute atomic E-state index is 10.6. The fraction of sp³-hybridized carbons (Fsp3) is 0.364. The van der Waals surface area contributed by atoms with Crippen LogP contribution in [0.4, 0.5) is 11.5 Å². The van der Waals surface area contributed by atoms with E-state index in [0.717, 1.165) is 11.4 Å². The van der Waals surface area contributed by atoms with Gasteiger partial charge in [-0.05, 0) is 12.5 Å². The van der Waals surface area contributed by atoms with Gasteiger partial charge in [0.1, 0.15) is 24.2 Å². The molecule has 0 bridgehead atoms. The van der Waals surface area contributed by atoms with E-state index in [1.165, 1.54) is 12.3 Å². The van der Waals surface area contributed by atoms with Crippen molar-refractivity contribution < 1.29 is 4.92 Å². The van der Waals surface area contributed by atoms with E-state index < -0.39 is 4.92 Å². The van der Waals surface area contributed by atoms with E-state index in [1.807, 2.05) is 11.6 Å². The standard InChI is InChI=1S/C11H14N6O2/c1-8-5-9(17(18)19)6-13-11(8)12-4-3-10-15-14-7-16(10)2/h5-7H,3-4H2,1-2H3,(H,12,13).